The minimum atomic E-state index is -0.863. The molecule has 1 heterocycles. The van der Waals surface area contributed by atoms with Crippen LogP contribution in [0.4, 0.5) is 5.69 Å². The Bertz CT molecular complexity index is 636. The van der Waals surface area contributed by atoms with E-state index in [1.165, 1.54) is 0 Å². The number of rotatable bonds is 6. The zero-order valence-electron chi connectivity index (χ0n) is 12.3. The summed E-state index contributed by atoms with van der Waals surface area (Å²) in [5.41, 5.74) is 13.0. The lowest BCUT2D eigenvalue weighted by Crippen LogP contribution is -2.41. The third-order valence-corrected chi connectivity index (χ3v) is 3.37. The molecule has 0 spiro atoms. The zero-order chi connectivity index (χ0) is 15.6. The molecule has 0 aliphatic heterocycles. The molecule has 0 radical (unpaired) electrons. The number of benzene rings is 1. The van der Waals surface area contributed by atoms with Crippen LogP contribution in [-0.4, -0.2) is 28.3 Å². The Morgan fingerprint density at radius 3 is 2.76 bits per heavy atom. The second kappa shape index (κ2) is 6.15. The molecule has 0 aliphatic carbocycles. The zero-order valence-corrected chi connectivity index (χ0v) is 12.3. The van der Waals surface area contributed by atoms with Crippen LogP contribution in [0.5, 0.6) is 0 Å². The fraction of sp³-hybridized carbons (Fsp3) is 0.400. The van der Waals surface area contributed by atoms with Gasteiger partial charge in [-0.2, -0.15) is 0 Å². The van der Waals surface area contributed by atoms with E-state index in [4.69, 9.17) is 11.5 Å². The first-order chi connectivity index (χ1) is 9.88. The number of primary amides is 1. The Labute approximate surface area is 123 Å². The summed E-state index contributed by atoms with van der Waals surface area (Å²) in [5, 5.41) is 14.0. The quantitative estimate of drug-likeness (QED) is 0.516. The van der Waals surface area contributed by atoms with Crippen molar-refractivity contribution in [3.05, 3.63) is 30.0 Å². The van der Waals surface area contributed by atoms with E-state index in [2.05, 4.69) is 24.1 Å². The predicted molar refractivity (Wildman–Crippen MR) is 83.9 cm³/mol. The lowest BCUT2D eigenvalue weighted by molar-refractivity contribution is 0.0996. The molecule has 0 saturated carbocycles. The van der Waals surface area contributed by atoms with Gasteiger partial charge in [0, 0.05) is 11.4 Å². The number of nitrogens with one attached hydrogen (secondary N) is 2. The Balaban J connectivity index is 2.23. The van der Waals surface area contributed by atoms with Crippen LogP contribution in [-0.2, 0) is 0 Å². The van der Waals surface area contributed by atoms with Crippen molar-refractivity contribution in [2.24, 2.45) is 17.4 Å². The van der Waals surface area contributed by atoms with Crippen LogP contribution in [0.1, 0.15) is 30.8 Å². The molecule has 0 bridgehead atoms. The molecule has 114 valence electrons. The lowest BCUT2D eigenvalue weighted by atomic mass is 10.0. The first-order valence-corrected chi connectivity index (χ1v) is 7.00. The average Bonchev–Trinajstić information content (AvgIpc) is 2.83. The molecule has 1 aromatic carbocycles. The number of hydrogen-bond donors (Lipinski definition) is 5. The highest BCUT2D eigenvalue weighted by atomic mass is 16.3. The minimum absolute atomic E-state index is 0.334. The van der Waals surface area contributed by atoms with Crippen molar-refractivity contribution in [2.45, 2.75) is 32.5 Å². The number of fused-ring (bicyclic) bond motifs is 1. The average molecular weight is 290 g/mol. The molecule has 0 unspecified atom stereocenters. The second-order valence-electron chi connectivity index (χ2n) is 5.70. The molecule has 1 aromatic heterocycles. The van der Waals surface area contributed by atoms with Crippen molar-refractivity contribution in [3.63, 3.8) is 0 Å². The van der Waals surface area contributed by atoms with Gasteiger partial charge in [-0.15, -0.1) is 0 Å². The Morgan fingerprint density at radius 2 is 2.14 bits per heavy atom. The van der Waals surface area contributed by atoms with E-state index >= 15 is 0 Å². The molecule has 1 amide bonds. The number of anilines is 1. The minimum Gasteiger partial charge on any atom is -0.372 e. The number of carbonyl (C=O) groups is 1. The molecule has 0 fully saturated rings. The molecular weight excluding hydrogens is 268 g/mol. The number of aromatic nitrogens is 1. The van der Waals surface area contributed by atoms with Crippen LogP contribution in [0, 0.1) is 5.92 Å². The summed E-state index contributed by atoms with van der Waals surface area (Å²) in [4.78, 5) is 14.2. The van der Waals surface area contributed by atoms with Crippen LogP contribution in [0.15, 0.2) is 24.3 Å². The highest BCUT2D eigenvalue weighted by molar-refractivity contribution is 6.00. The number of carbonyl (C=O) groups excluding carboxylic acids is 1. The van der Waals surface area contributed by atoms with E-state index in [1.807, 2.05) is 18.2 Å². The number of amides is 1. The summed E-state index contributed by atoms with van der Waals surface area (Å²) in [6.07, 6.45) is -0.153. The SMILES string of the molecule is CC(C)C[C@H](N)[C@H](O)Nc1cccc2cc(C(N)=O)[nH]c12. The topological polar surface area (TPSA) is 117 Å². The van der Waals surface area contributed by atoms with Gasteiger partial charge in [-0.05, 0) is 24.5 Å². The van der Waals surface area contributed by atoms with Gasteiger partial charge < -0.3 is 26.9 Å². The standard InChI is InChI=1S/C15H22N4O2/c1-8(2)6-10(16)15(21)19-11-5-3-4-9-7-12(14(17)20)18-13(9)11/h3-5,7-8,10,15,18-19,21H,6,16H2,1-2H3,(H2,17,20)/t10-,15-/m0/s1. The number of H-pyrrole nitrogens is 1. The molecule has 6 nitrogen and oxygen atoms in total. The van der Waals surface area contributed by atoms with Crippen LogP contribution in [0.2, 0.25) is 0 Å². The van der Waals surface area contributed by atoms with Gasteiger partial charge in [0.1, 0.15) is 11.9 Å². The first kappa shape index (κ1) is 15.3. The number of hydrogen-bond acceptors (Lipinski definition) is 4. The Hall–Kier alpha value is -2.05. The van der Waals surface area contributed by atoms with Gasteiger partial charge in [0.05, 0.1) is 11.2 Å². The third kappa shape index (κ3) is 3.53. The maximum absolute atomic E-state index is 11.2. The molecule has 2 atom stereocenters. The summed E-state index contributed by atoms with van der Waals surface area (Å²) < 4.78 is 0. The molecule has 21 heavy (non-hydrogen) atoms. The Morgan fingerprint density at radius 1 is 1.43 bits per heavy atom. The van der Waals surface area contributed by atoms with Gasteiger partial charge in [-0.3, -0.25) is 4.79 Å². The summed E-state index contributed by atoms with van der Waals surface area (Å²) in [7, 11) is 0. The van der Waals surface area contributed by atoms with E-state index in [9.17, 15) is 9.90 Å². The number of aliphatic hydroxyl groups excluding tert-OH is 1. The van der Waals surface area contributed by atoms with Crippen LogP contribution < -0.4 is 16.8 Å². The van der Waals surface area contributed by atoms with Crippen molar-refractivity contribution >= 4 is 22.5 Å². The van der Waals surface area contributed by atoms with Gasteiger partial charge in [-0.1, -0.05) is 26.0 Å². The second-order valence-corrected chi connectivity index (χ2v) is 5.70. The van der Waals surface area contributed by atoms with Crippen molar-refractivity contribution in [1.29, 1.82) is 0 Å². The monoisotopic (exact) mass is 290 g/mol. The highest BCUT2D eigenvalue weighted by Crippen LogP contribution is 2.24. The molecule has 2 aromatic rings. The lowest BCUT2D eigenvalue weighted by Gasteiger charge is -2.22. The third-order valence-electron chi connectivity index (χ3n) is 3.37. The molecular formula is C15H22N4O2. The number of aromatic amines is 1. The summed E-state index contributed by atoms with van der Waals surface area (Å²) in [6.45, 7) is 4.11. The van der Waals surface area contributed by atoms with Crippen LogP contribution >= 0.6 is 0 Å². The number of para-hydroxylation sites is 1. The fourth-order valence-electron chi connectivity index (χ4n) is 2.35. The summed E-state index contributed by atoms with van der Waals surface area (Å²) >= 11 is 0. The van der Waals surface area contributed by atoms with Crippen molar-refractivity contribution in [2.75, 3.05) is 5.32 Å². The number of nitrogens with two attached hydrogens (primary N) is 2. The molecule has 6 heteroatoms. The van der Waals surface area contributed by atoms with Gasteiger partial charge >= 0.3 is 0 Å². The van der Waals surface area contributed by atoms with Gasteiger partial charge in [0.2, 0.25) is 0 Å². The van der Waals surface area contributed by atoms with Crippen LogP contribution in [0.3, 0.4) is 0 Å². The highest BCUT2D eigenvalue weighted by Gasteiger charge is 2.17. The van der Waals surface area contributed by atoms with E-state index in [0.29, 0.717) is 23.7 Å². The van der Waals surface area contributed by atoms with E-state index in [1.54, 1.807) is 6.07 Å². The molecule has 0 saturated heterocycles. The number of aliphatic hydroxyl groups is 1. The van der Waals surface area contributed by atoms with E-state index in [-0.39, 0.29) is 6.04 Å². The largest absolute Gasteiger partial charge is 0.372 e. The smallest absolute Gasteiger partial charge is 0.265 e. The maximum atomic E-state index is 11.2. The van der Waals surface area contributed by atoms with Crippen molar-refractivity contribution in [3.8, 4) is 0 Å². The fourth-order valence-corrected chi connectivity index (χ4v) is 2.35. The molecule has 0 aliphatic rings. The molecule has 2 rings (SSSR count). The van der Waals surface area contributed by atoms with Gasteiger partial charge in [0.15, 0.2) is 0 Å². The Kier molecular flexibility index (Phi) is 4.50. The van der Waals surface area contributed by atoms with Gasteiger partial charge in [-0.25, -0.2) is 0 Å². The first-order valence-electron chi connectivity index (χ1n) is 7.00. The van der Waals surface area contributed by atoms with E-state index in [0.717, 1.165) is 10.9 Å². The normalized spacial score (nSPS) is 14.3. The van der Waals surface area contributed by atoms with Crippen molar-refractivity contribution in [1.82, 2.24) is 4.98 Å². The van der Waals surface area contributed by atoms with Crippen LogP contribution in [0.25, 0.3) is 10.9 Å². The van der Waals surface area contributed by atoms with Gasteiger partial charge in [0.25, 0.3) is 5.91 Å². The molecule has 7 N–H and O–H groups in total. The van der Waals surface area contributed by atoms with E-state index < -0.39 is 12.1 Å². The summed E-state index contributed by atoms with van der Waals surface area (Å²) in [5.74, 6) is -0.117. The van der Waals surface area contributed by atoms with Crippen molar-refractivity contribution < 1.29 is 9.90 Å². The predicted octanol–water partition coefficient (Wildman–Crippen LogP) is 1.37. The maximum Gasteiger partial charge on any atom is 0.265 e. The summed E-state index contributed by atoms with van der Waals surface area (Å²) in [6, 6.07) is 6.83.